The summed E-state index contributed by atoms with van der Waals surface area (Å²) in [6, 6.07) is 9.80. The minimum Gasteiger partial charge on any atom is -0.369 e. The van der Waals surface area contributed by atoms with Crippen molar-refractivity contribution in [2.75, 3.05) is 37.6 Å². The van der Waals surface area contributed by atoms with Crippen LogP contribution in [0.5, 0.6) is 0 Å². The molecular weight excluding hydrogens is 282 g/mol. The van der Waals surface area contributed by atoms with E-state index in [0.717, 1.165) is 32.1 Å². The molecular formula is C20H37N3. The first-order chi connectivity index (χ1) is 11.1. The molecule has 3 nitrogen and oxygen atoms in total. The van der Waals surface area contributed by atoms with Gasteiger partial charge in [-0.1, -0.05) is 26.0 Å². The zero-order valence-electron chi connectivity index (χ0n) is 15.5. The second kappa shape index (κ2) is 9.29. The highest BCUT2D eigenvalue weighted by atomic mass is 15.3. The maximum Gasteiger partial charge on any atom is 0.0367 e. The van der Waals surface area contributed by atoms with Crippen molar-refractivity contribution in [2.24, 2.45) is 5.92 Å². The SMILES string of the molecule is CC(C)CCCNCc1ccc(N2CCN(C(C)C)CC2)cc1.[HH]. The summed E-state index contributed by atoms with van der Waals surface area (Å²) < 4.78 is 0. The number of piperazine rings is 1. The van der Waals surface area contributed by atoms with Gasteiger partial charge in [-0.25, -0.2) is 0 Å². The van der Waals surface area contributed by atoms with Gasteiger partial charge in [-0.3, -0.25) is 4.90 Å². The molecule has 0 spiro atoms. The molecule has 0 radical (unpaired) electrons. The summed E-state index contributed by atoms with van der Waals surface area (Å²) in [7, 11) is 0. The molecule has 132 valence electrons. The molecule has 2 rings (SSSR count). The molecule has 0 saturated carbocycles. The maximum atomic E-state index is 3.55. The summed E-state index contributed by atoms with van der Waals surface area (Å²) in [4.78, 5) is 5.07. The van der Waals surface area contributed by atoms with Crippen LogP contribution in [0.25, 0.3) is 0 Å². The Labute approximate surface area is 144 Å². The highest BCUT2D eigenvalue weighted by Gasteiger charge is 2.18. The van der Waals surface area contributed by atoms with Crippen molar-refractivity contribution in [3.63, 3.8) is 0 Å². The molecule has 0 unspecified atom stereocenters. The van der Waals surface area contributed by atoms with E-state index in [9.17, 15) is 0 Å². The van der Waals surface area contributed by atoms with Crippen molar-refractivity contribution in [3.8, 4) is 0 Å². The largest absolute Gasteiger partial charge is 0.369 e. The Balaban J connectivity index is 0.00000288. The van der Waals surface area contributed by atoms with Gasteiger partial charge in [0.1, 0.15) is 0 Å². The van der Waals surface area contributed by atoms with Gasteiger partial charge in [-0.15, -0.1) is 0 Å². The van der Waals surface area contributed by atoms with Crippen LogP contribution in [-0.4, -0.2) is 43.7 Å². The molecule has 0 aliphatic carbocycles. The molecule has 1 heterocycles. The monoisotopic (exact) mass is 319 g/mol. The Morgan fingerprint density at radius 2 is 1.65 bits per heavy atom. The fraction of sp³-hybridized carbons (Fsp3) is 0.700. The highest BCUT2D eigenvalue weighted by molar-refractivity contribution is 5.48. The fourth-order valence-electron chi connectivity index (χ4n) is 3.19. The highest BCUT2D eigenvalue weighted by Crippen LogP contribution is 2.18. The minimum absolute atomic E-state index is 0. The van der Waals surface area contributed by atoms with E-state index >= 15 is 0 Å². The summed E-state index contributed by atoms with van der Waals surface area (Å²) in [5.41, 5.74) is 2.76. The summed E-state index contributed by atoms with van der Waals surface area (Å²) in [5.74, 6) is 0.812. The van der Waals surface area contributed by atoms with Crippen LogP contribution in [0, 0.1) is 5.92 Å². The first kappa shape index (κ1) is 18.3. The van der Waals surface area contributed by atoms with Crippen LogP contribution in [-0.2, 0) is 6.54 Å². The maximum absolute atomic E-state index is 3.55. The Morgan fingerprint density at radius 1 is 1.00 bits per heavy atom. The van der Waals surface area contributed by atoms with Crippen molar-refractivity contribution in [2.45, 2.75) is 53.1 Å². The van der Waals surface area contributed by atoms with E-state index < -0.39 is 0 Å². The van der Waals surface area contributed by atoms with Crippen molar-refractivity contribution >= 4 is 5.69 Å². The molecule has 0 atom stereocenters. The first-order valence-corrected chi connectivity index (χ1v) is 9.35. The van der Waals surface area contributed by atoms with Gasteiger partial charge in [-0.2, -0.15) is 0 Å². The Kier molecular flexibility index (Phi) is 7.38. The second-order valence-corrected chi connectivity index (χ2v) is 7.50. The van der Waals surface area contributed by atoms with Gasteiger partial charge >= 0.3 is 0 Å². The second-order valence-electron chi connectivity index (χ2n) is 7.50. The van der Waals surface area contributed by atoms with E-state index in [4.69, 9.17) is 0 Å². The predicted octanol–water partition coefficient (Wildman–Crippen LogP) is 3.99. The van der Waals surface area contributed by atoms with E-state index in [-0.39, 0.29) is 1.43 Å². The molecule has 0 aromatic heterocycles. The number of anilines is 1. The lowest BCUT2D eigenvalue weighted by atomic mass is 10.1. The molecule has 1 saturated heterocycles. The normalized spacial score (nSPS) is 16.5. The average Bonchev–Trinajstić information content (AvgIpc) is 2.55. The van der Waals surface area contributed by atoms with Crippen LogP contribution in [0.3, 0.4) is 0 Å². The van der Waals surface area contributed by atoms with Gasteiger partial charge in [-0.05, 0) is 56.8 Å². The van der Waals surface area contributed by atoms with Crippen LogP contribution >= 0.6 is 0 Å². The Morgan fingerprint density at radius 3 is 2.22 bits per heavy atom. The lowest BCUT2D eigenvalue weighted by molar-refractivity contribution is 0.209. The lowest BCUT2D eigenvalue weighted by Gasteiger charge is -2.38. The smallest absolute Gasteiger partial charge is 0.0367 e. The van der Waals surface area contributed by atoms with Gasteiger partial charge in [0, 0.05) is 45.9 Å². The molecule has 1 aliphatic heterocycles. The van der Waals surface area contributed by atoms with Gasteiger partial charge in [0.05, 0.1) is 0 Å². The van der Waals surface area contributed by atoms with Crippen molar-refractivity contribution in [1.82, 2.24) is 10.2 Å². The molecule has 1 aliphatic rings. The number of nitrogens with zero attached hydrogens (tertiary/aromatic N) is 2. The third-order valence-corrected chi connectivity index (χ3v) is 4.81. The van der Waals surface area contributed by atoms with Crippen molar-refractivity contribution in [3.05, 3.63) is 29.8 Å². The van der Waals surface area contributed by atoms with Crippen LogP contribution in [0.15, 0.2) is 24.3 Å². The summed E-state index contributed by atoms with van der Waals surface area (Å²) in [5, 5.41) is 3.55. The molecule has 0 bridgehead atoms. The molecule has 23 heavy (non-hydrogen) atoms. The third-order valence-electron chi connectivity index (χ3n) is 4.81. The fourth-order valence-corrected chi connectivity index (χ4v) is 3.19. The summed E-state index contributed by atoms with van der Waals surface area (Å²) in [6.45, 7) is 15.9. The van der Waals surface area contributed by atoms with Gasteiger partial charge < -0.3 is 10.2 Å². The molecule has 1 N–H and O–H groups in total. The first-order valence-electron chi connectivity index (χ1n) is 9.35. The minimum atomic E-state index is 0. The molecule has 3 heteroatoms. The van der Waals surface area contributed by atoms with Crippen LogP contribution < -0.4 is 10.2 Å². The summed E-state index contributed by atoms with van der Waals surface area (Å²) >= 11 is 0. The number of nitrogens with one attached hydrogen (secondary N) is 1. The van der Waals surface area contributed by atoms with Gasteiger partial charge in [0.2, 0.25) is 0 Å². The Bertz CT molecular complexity index is 437. The zero-order chi connectivity index (χ0) is 16.7. The van der Waals surface area contributed by atoms with Crippen molar-refractivity contribution in [1.29, 1.82) is 0 Å². The summed E-state index contributed by atoms with van der Waals surface area (Å²) in [6.07, 6.45) is 2.59. The number of hydrogen-bond acceptors (Lipinski definition) is 3. The van der Waals surface area contributed by atoms with Crippen LogP contribution in [0.1, 0.15) is 47.5 Å². The third kappa shape index (κ3) is 6.15. The zero-order valence-corrected chi connectivity index (χ0v) is 15.5. The average molecular weight is 320 g/mol. The quantitative estimate of drug-likeness (QED) is 0.731. The van der Waals surface area contributed by atoms with E-state index in [2.05, 4.69) is 67.1 Å². The van der Waals surface area contributed by atoms with E-state index in [1.165, 1.54) is 37.2 Å². The van der Waals surface area contributed by atoms with Gasteiger partial charge in [0.15, 0.2) is 0 Å². The molecule has 0 amide bonds. The number of benzene rings is 1. The molecule has 1 fully saturated rings. The van der Waals surface area contributed by atoms with Crippen LogP contribution in [0.4, 0.5) is 5.69 Å². The predicted molar refractivity (Wildman–Crippen MR) is 103 cm³/mol. The number of rotatable bonds is 8. The van der Waals surface area contributed by atoms with E-state index in [1.54, 1.807) is 0 Å². The molecule has 1 aromatic carbocycles. The Hall–Kier alpha value is -1.06. The topological polar surface area (TPSA) is 18.5 Å². The van der Waals surface area contributed by atoms with Crippen LogP contribution in [0.2, 0.25) is 0 Å². The number of hydrogen-bond donors (Lipinski definition) is 1. The van der Waals surface area contributed by atoms with Crippen molar-refractivity contribution < 1.29 is 1.43 Å². The molecule has 1 aromatic rings. The standard InChI is InChI=1S/C20H35N3.H2/c1-17(2)6-5-11-21-16-19-7-9-20(10-8-19)23-14-12-22(13-15-23)18(3)4;/h7-10,17-18,21H,5-6,11-16H2,1-4H3;1H. The van der Waals surface area contributed by atoms with E-state index in [0.29, 0.717) is 6.04 Å². The van der Waals surface area contributed by atoms with Gasteiger partial charge in [0.25, 0.3) is 0 Å². The lowest BCUT2D eigenvalue weighted by Crippen LogP contribution is -2.48. The van der Waals surface area contributed by atoms with E-state index in [1.807, 2.05) is 0 Å².